The third-order valence-corrected chi connectivity index (χ3v) is 6.01. The smallest absolute Gasteiger partial charge is 0.245 e. The number of methoxy groups -OCH3 is 2. The van der Waals surface area contributed by atoms with Gasteiger partial charge in [-0.25, -0.2) is 8.42 Å². The van der Waals surface area contributed by atoms with Crippen molar-refractivity contribution in [3.8, 4) is 11.5 Å². The highest BCUT2D eigenvalue weighted by Gasteiger charge is 2.22. The van der Waals surface area contributed by atoms with E-state index in [4.69, 9.17) is 14.2 Å². The summed E-state index contributed by atoms with van der Waals surface area (Å²) < 4.78 is 41.5. The zero-order chi connectivity index (χ0) is 22.4. The molecule has 0 aromatic heterocycles. The van der Waals surface area contributed by atoms with Crippen LogP contribution in [0.15, 0.2) is 42.5 Å². The van der Waals surface area contributed by atoms with Gasteiger partial charge in [0.15, 0.2) is 11.5 Å². The van der Waals surface area contributed by atoms with Crippen LogP contribution in [-0.4, -0.2) is 67.6 Å². The van der Waals surface area contributed by atoms with Crippen LogP contribution in [0.2, 0.25) is 0 Å². The molecule has 1 aliphatic rings. The van der Waals surface area contributed by atoms with E-state index in [1.165, 1.54) is 20.3 Å². The third kappa shape index (κ3) is 5.80. The lowest BCUT2D eigenvalue weighted by Crippen LogP contribution is -2.37. The summed E-state index contributed by atoms with van der Waals surface area (Å²) in [6.45, 7) is 2.64. The van der Waals surface area contributed by atoms with Crippen molar-refractivity contribution in [3.05, 3.63) is 42.5 Å². The highest BCUT2D eigenvalue weighted by molar-refractivity contribution is 7.92. The molecule has 3 rings (SSSR count). The van der Waals surface area contributed by atoms with E-state index in [2.05, 4.69) is 10.2 Å². The zero-order valence-electron chi connectivity index (χ0n) is 17.8. The summed E-state index contributed by atoms with van der Waals surface area (Å²) >= 11 is 0. The topological polar surface area (TPSA) is 97.4 Å². The Morgan fingerprint density at radius 2 is 1.71 bits per heavy atom. The number of hydrogen-bond donors (Lipinski definition) is 1. The number of sulfonamides is 1. The SMILES string of the molecule is COc1ccc(N(CC(=O)Nc2ccc(N3CCOCC3)cc2)S(C)(=O)=O)cc1OC. The maximum Gasteiger partial charge on any atom is 0.245 e. The molecule has 2 aromatic carbocycles. The number of anilines is 3. The largest absolute Gasteiger partial charge is 0.493 e. The predicted octanol–water partition coefficient (Wildman–Crippen LogP) is 1.95. The fourth-order valence-electron chi connectivity index (χ4n) is 3.29. The van der Waals surface area contributed by atoms with Crippen molar-refractivity contribution < 1.29 is 27.4 Å². The van der Waals surface area contributed by atoms with Gasteiger partial charge in [-0.2, -0.15) is 0 Å². The fraction of sp³-hybridized carbons (Fsp3) is 0.381. The molecule has 0 aliphatic carbocycles. The highest BCUT2D eigenvalue weighted by Crippen LogP contribution is 2.32. The van der Waals surface area contributed by atoms with Crippen molar-refractivity contribution in [1.29, 1.82) is 0 Å². The second-order valence-corrected chi connectivity index (χ2v) is 8.91. The Bertz CT molecular complexity index is 1000. The molecule has 1 saturated heterocycles. The van der Waals surface area contributed by atoms with Crippen LogP contribution < -0.4 is 24.0 Å². The summed E-state index contributed by atoms with van der Waals surface area (Å²) in [5, 5.41) is 2.75. The first-order valence-electron chi connectivity index (χ1n) is 9.74. The van der Waals surface area contributed by atoms with Crippen molar-refractivity contribution in [2.75, 3.05) is 67.8 Å². The molecule has 1 N–H and O–H groups in total. The summed E-state index contributed by atoms with van der Waals surface area (Å²) in [5.41, 5.74) is 1.94. The van der Waals surface area contributed by atoms with Crippen LogP contribution in [0.1, 0.15) is 0 Å². The minimum absolute atomic E-state index is 0.304. The van der Waals surface area contributed by atoms with Crippen LogP contribution in [0.25, 0.3) is 0 Å². The molecule has 10 heteroatoms. The predicted molar refractivity (Wildman–Crippen MR) is 120 cm³/mol. The molecule has 0 spiro atoms. The Morgan fingerprint density at radius 3 is 2.29 bits per heavy atom. The van der Waals surface area contributed by atoms with E-state index in [0.29, 0.717) is 36.1 Å². The van der Waals surface area contributed by atoms with Gasteiger partial charge in [0.25, 0.3) is 0 Å². The van der Waals surface area contributed by atoms with Crippen molar-refractivity contribution >= 4 is 33.0 Å². The molecule has 1 fully saturated rings. The number of nitrogens with one attached hydrogen (secondary N) is 1. The van der Waals surface area contributed by atoms with Crippen molar-refractivity contribution in [3.63, 3.8) is 0 Å². The quantitative estimate of drug-likeness (QED) is 0.658. The Labute approximate surface area is 182 Å². The molecule has 1 heterocycles. The van der Waals surface area contributed by atoms with E-state index in [0.717, 1.165) is 29.3 Å². The number of morpholine rings is 1. The second-order valence-electron chi connectivity index (χ2n) is 7.00. The van der Waals surface area contributed by atoms with Crippen LogP contribution in [0, 0.1) is 0 Å². The maximum atomic E-state index is 12.6. The van der Waals surface area contributed by atoms with Gasteiger partial charge in [0.1, 0.15) is 6.54 Å². The zero-order valence-corrected chi connectivity index (χ0v) is 18.6. The van der Waals surface area contributed by atoms with Crippen LogP contribution >= 0.6 is 0 Å². The van der Waals surface area contributed by atoms with E-state index >= 15 is 0 Å². The van der Waals surface area contributed by atoms with Gasteiger partial charge >= 0.3 is 0 Å². The van der Waals surface area contributed by atoms with E-state index in [1.54, 1.807) is 24.3 Å². The monoisotopic (exact) mass is 449 g/mol. The molecule has 168 valence electrons. The van der Waals surface area contributed by atoms with Crippen LogP contribution in [0.4, 0.5) is 17.1 Å². The Balaban J connectivity index is 1.71. The van der Waals surface area contributed by atoms with Gasteiger partial charge in [0.2, 0.25) is 15.9 Å². The van der Waals surface area contributed by atoms with Crippen LogP contribution in [0.3, 0.4) is 0 Å². The van der Waals surface area contributed by atoms with E-state index in [-0.39, 0.29) is 6.54 Å². The number of rotatable bonds is 8. The van der Waals surface area contributed by atoms with Gasteiger partial charge in [0.05, 0.1) is 39.4 Å². The van der Waals surface area contributed by atoms with E-state index < -0.39 is 15.9 Å². The first-order chi connectivity index (χ1) is 14.8. The molecule has 31 heavy (non-hydrogen) atoms. The second kappa shape index (κ2) is 9.88. The van der Waals surface area contributed by atoms with Gasteiger partial charge < -0.3 is 24.4 Å². The van der Waals surface area contributed by atoms with Gasteiger partial charge in [-0.1, -0.05) is 0 Å². The van der Waals surface area contributed by atoms with Gasteiger partial charge in [-0.15, -0.1) is 0 Å². The van der Waals surface area contributed by atoms with Crippen LogP contribution in [-0.2, 0) is 19.6 Å². The highest BCUT2D eigenvalue weighted by atomic mass is 32.2. The molecule has 1 aliphatic heterocycles. The molecule has 0 atom stereocenters. The lowest BCUT2D eigenvalue weighted by atomic mass is 10.2. The van der Waals surface area contributed by atoms with Crippen molar-refractivity contribution in [2.24, 2.45) is 0 Å². The minimum Gasteiger partial charge on any atom is -0.493 e. The first-order valence-corrected chi connectivity index (χ1v) is 11.6. The van der Waals surface area contributed by atoms with Gasteiger partial charge in [-0.3, -0.25) is 9.10 Å². The number of nitrogens with zero attached hydrogens (tertiary/aromatic N) is 2. The number of amides is 1. The lowest BCUT2D eigenvalue weighted by Gasteiger charge is -2.29. The Morgan fingerprint density at radius 1 is 1.06 bits per heavy atom. The summed E-state index contributed by atoms with van der Waals surface area (Å²) in [5.74, 6) is 0.372. The Kier molecular flexibility index (Phi) is 7.24. The molecular formula is C21H27N3O6S. The standard InChI is InChI=1S/C21H27N3O6S/c1-28-19-9-8-18(14-20(19)29-2)24(31(3,26)27)15-21(25)22-16-4-6-17(7-5-16)23-10-12-30-13-11-23/h4-9,14H,10-13,15H2,1-3H3,(H,22,25). The van der Waals surface area contributed by atoms with Gasteiger partial charge in [-0.05, 0) is 36.4 Å². The molecular weight excluding hydrogens is 422 g/mol. The third-order valence-electron chi connectivity index (χ3n) is 4.87. The molecule has 9 nitrogen and oxygen atoms in total. The van der Waals surface area contributed by atoms with Crippen molar-refractivity contribution in [1.82, 2.24) is 0 Å². The van der Waals surface area contributed by atoms with Gasteiger partial charge in [0, 0.05) is 30.5 Å². The molecule has 1 amide bonds. The number of carbonyl (C=O) groups is 1. The number of carbonyl (C=O) groups excluding carboxylic acids is 1. The molecule has 0 bridgehead atoms. The minimum atomic E-state index is -3.71. The number of benzene rings is 2. The Hall–Kier alpha value is -2.98. The summed E-state index contributed by atoms with van der Waals surface area (Å²) in [6.07, 6.45) is 1.05. The lowest BCUT2D eigenvalue weighted by molar-refractivity contribution is -0.114. The van der Waals surface area contributed by atoms with E-state index in [1.807, 2.05) is 12.1 Å². The number of hydrogen-bond acceptors (Lipinski definition) is 7. The fourth-order valence-corrected chi connectivity index (χ4v) is 4.14. The molecule has 0 unspecified atom stereocenters. The number of ether oxygens (including phenoxy) is 3. The summed E-state index contributed by atoms with van der Waals surface area (Å²) in [6, 6.07) is 12.1. The summed E-state index contributed by atoms with van der Waals surface area (Å²) in [7, 11) is -0.766. The first kappa shape index (κ1) is 22.7. The average molecular weight is 450 g/mol. The summed E-state index contributed by atoms with van der Waals surface area (Å²) in [4.78, 5) is 14.8. The molecule has 2 aromatic rings. The maximum absolute atomic E-state index is 12.6. The normalized spacial score (nSPS) is 14.1. The molecule has 0 saturated carbocycles. The average Bonchev–Trinajstić information content (AvgIpc) is 2.77. The van der Waals surface area contributed by atoms with Crippen molar-refractivity contribution in [2.45, 2.75) is 0 Å². The molecule has 0 radical (unpaired) electrons. The van der Waals surface area contributed by atoms with Crippen LogP contribution in [0.5, 0.6) is 11.5 Å². The van der Waals surface area contributed by atoms with E-state index in [9.17, 15) is 13.2 Å².